The van der Waals surface area contributed by atoms with E-state index < -0.39 is 12.7 Å². The zero-order valence-corrected chi connectivity index (χ0v) is 14.5. The van der Waals surface area contributed by atoms with Crippen LogP contribution in [0.3, 0.4) is 0 Å². The molecule has 0 aliphatic carbocycles. The summed E-state index contributed by atoms with van der Waals surface area (Å²) in [4.78, 5) is 12.1. The number of alkyl halides is 2. The van der Waals surface area contributed by atoms with Gasteiger partial charge in [-0.15, -0.1) is 12.4 Å². The van der Waals surface area contributed by atoms with Crippen LogP contribution in [0, 0.1) is 0 Å². The second-order valence-corrected chi connectivity index (χ2v) is 5.46. The normalized spacial score (nSPS) is 12.8. The van der Waals surface area contributed by atoms with Gasteiger partial charge in [-0.3, -0.25) is 4.79 Å². The number of nitrogens with two attached hydrogens (primary N) is 1. The number of rotatable bonds is 7. The molecule has 4 nitrogen and oxygen atoms in total. The first-order valence-electron chi connectivity index (χ1n) is 7.60. The van der Waals surface area contributed by atoms with E-state index in [-0.39, 0.29) is 36.5 Å². The third-order valence-corrected chi connectivity index (χ3v) is 3.59. The van der Waals surface area contributed by atoms with Crippen LogP contribution in [-0.2, 0) is 4.79 Å². The molecule has 2 atom stereocenters. The fourth-order valence-corrected chi connectivity index (χ4v) is 2.36. The molecule has 0 aliphatic rings. The van der Waals surface area contributed by atoms with Crippen molar-refractivity contribution in [2.75, 3.05) is 0 Å². The smallest absolute Gasteiger partial charge is 0.387 e. The van der Waals surface area contributed by atoms with Crippen LogP contribution in [0.4, 0.5) is 8.78 Å². The molecule has 2 rings (SSSR count). The maximum Gasteiger partial charge on any atom is 0.387 e. The van der Waals surface area contributed by atoms with E-state index in [2.05, 4.69) is 10.1 Å². The van der Waals surface area contributed by atoms with Crippen LogP contribution < -0.4 is 15.8 Å². The third-order valence-electron chi connectivity index (χ3n) is 3.59. The average molecular weight is 371 g/mol. The van der Waals surface area contributed by atoms with Crippen molar-refractivity contribution < 1.29 is 18.3 Å². The van der Waals surface area contributed by atoms with Crippen molar-refractivity contribution in [2.45, 2.75) is 32.0 Å². The zero-order valence-electron chi connectivity index (χ0n) is 13.7. The molecule has 0 saturated carbocycles. The lowest BCUT2D eigenvalue weighted by atomic mass is 10.0. The van der Waals surface area contributed by atoms with Crippen LogP contribution >= 0.6 is 12.4 Å². The highest BCUT2D eigenvalue weighted by Gasteiger charge is 2.15. The van der Waals surface area contributed by atoms with Crippen molar-refractivity contribution in [3.05, 3.63) is 65.7 Å². The lowest BCUT2D eigenvalue weighted by Crippen LogP contribution is -2.29. The summed E-state index contributed by atoms with van der Waals surface area (Å²) < 4.78 is 28.9. The SMILES string of the molecule is CC(NC(=O)CC(N)c1ccccc1)c1cccc(OC(F)F)c1.Cl. The molecule has 0 saturated heterocycles. The number of hydrogen-bond donors (Lipinski definition) is 2. The van der Waals surface area contributed by atoms with Crippen LogP contribution in [-0.4, -0.2) is 12.5 Å². The first-order chi connectivity index (χ1) is 11.5. The van der Waals surface area contributed by atoms with Gasteiger partial charge in [0.1, 0.15) is 5.75 Å². The fourth-order valence-electron chi connectivity index (χ4n) is 2.36. The molecule has 0 aliphatic heterocycles. The van der Waals surface area contributed by atoms with Crippen molar-refractivity contribution in [1.29, 1.82) is 0 Å². The number of benzene rings is 2. The van der Waals surface area contributed by atoms with Crippen LogP contribution in [0.5, 0.6) is 5.75 Å². The molecule has 0 spiro atoms. The molecule has 3 N–H and O–H groups in total. The van der Waals surface area contributed by atoms with E-state index in [1.54, 1.807) is 19.1 Å². The Hall–Kier alpha value is -2.18. The third kappa shape index (κ3) is 6.68. The van der Waals surface area contributed by atoms with Crippen LogP contribution in [0.15, 0.2) is 54.6 Å². The lowest BCUT2D eigenvalue weighted by Gasteiger charge is -2.17. The van der Waals surface area contributed by atoms with Gasteiger partial charge in [0.25, 0.3) is 0 Å². The maximum absolute atomic E-state index is 12.3. The molecule has 136 valence electrons. The van der Waals surface area contributed by atoms with Gasteiger partial charge in [0.15, 0.2) is 0 Å². The maximum atomic E-state index is 12.3. The number of carbonyl (C=O) groups is 1. The highest BCUT2D eigenvalue weighted by atomic mass is 35.5. The first-order valence-corrected chi connectivity index (χ1v) is 7.60. The highest BCUT2D eigenvalue weighted by molar-refractivity contribution is 5.85. The summed E-state index contributed by atoms with van der Waals surface area (Å²) in [6.45, 7) is -1.11. The second-order valence-electron chi connectivity index (χ2n) is 5.46. The first kappa shape index (κ1) is 20.9. The van der Waals surface area contributed by atoms with Gasteiger partial charge in [-0.25, -0.2) is 0 Å². The topological polar surface area (TPSA) is 64.4 Å². The average Bonchev–Trinajstić information content (AvgIpc) is 2.55. The molecule has 2 aromatic carbocycles. The minimum Gasteiger partial charge on any atom is -0.435 e. The lowest BCUT2D eigenvalue weighted by molar-refractivity contribution is -0.122. The van der Waals surface area contributed by atoms with Gasteiger partial charge < -0.3 is 15.8 Å². The monoisotopic (exact) mass is 370 g/mol. The Morgan fingerprint density at radius 2 is 1.76 bits per heavy atom. The van der Waals surface area contributed by atoms with Crippen molar-refractivity contribution in [2.24, 2.45) is 5.73 Å². The number of amides is 1. The van der Waals surface area contributed by atoms with E-state index in [1.807, 2.05) is 30.3 Å². The van der Waals surface area contributed by atoms with Gasteiger partial charge in [-0.2, -0.15) is 8.78 Å². The molecule has 0 bridgehead atoms. The molecule has 0 heterocycles. The summed E-state index contributed by atoms with van der Waals surface area (Å²) in [5, 5.41) is 2.82. The summed E-state index contributed by atoms with van der Waals surface area (Å²) in [5.41, 5.74) is 7.58. The fraction of sp³-hybridized carbons (Fsp3) is 0.278. The Morgan fingerprint density at radius 1 is 1.12 bits per heavy atom. The van der Waals surface area contributed by atoms with Crippen LogP contribution in [0.1, 0.15) is 36.6 Å². The van der Waals surface area contributed by atoms with Gasteiger partial charge in [0.05, 0.1) is 6.04 Å². The minimum atomic E-state index is -2.88. The number of carbonyl (C=O) groups excluding carboxylic acids is 1. The van der Waals surface area contributed by atoms with Crippen molar-refractivity contribution >= 4 is 18.3 Å². The van der Waals surface area contributed by atoms with Crippen molar-refractivity contribution in [3.8, 4) is 5.75 Å². The number of nitrogens with one attached hydrogen (secondary N) is 1. The Morgan fingerprint density at radius 3 is 2.40 bits per heavy atom. The van der Waals surface area contributed by atoms with E-state index >= 15 is 0 Å². The molecule has 0 fully saturated rings. The molecule has 1 amide bonds. The van der Waals surface area contributed by atoms with Crippen LogP contribution in [0.2, 0.25) is 0 Å². The van der Waals surface area contributed by atoms with Crippen molar-refractivity contribution in [1.82, 2.24) is 5.32 Å². The molecule has 7 heteroatoms. The summed E-state index contributed by atoms with van der Waals surface area (Å²) >= 11 is 0. The standard InChI is InChI=1S/C18H20F2N2O2.ClH/c1-12(14-8-5-9-15(10-14)24-18(19)20)22-17(23)11-16(21)13-6-3-2-4-7-13;/h2-10,12,16,18H,11,21H2,1H3,(H,22,23);1H. The van der Waals surface area contributed by atoms with Gasteiger partial charge in [-0.05, 0) is 30.2 Å². The summed E-state index contributed by atoms with van der Waals surface area (Å²) in [6, 6.07) is 14.9. The minimum absolute atomic E-state index is 0. The summed E-state index contributed by atoms with van der Waals surface area (Å²) in [7, 11) is 0. The Labute approximate surface area is 151 Å². The molecule has 2 unspecified atom stereocenters. The van der Waals surface area contributed by atoms with Gasteiger partial charge in [0, 0.05) is 12.5 Å². The van der Waals surface area contributed by atoms with E-state index in [0.29, 0.717) is 5.56 Å². The zero-order chi connectivity index (χ0) is 17.5. The van der Waals surface area contributed by atoms with Gasteiger partial charge in [0.2, 0.25) is 5.91 Å². The Balaban J connectivity index is 0.00000312. The van der Waals surface area contributed by atoms with E-state index in [4.69, 9.17) is 5.73 Å². The van der Waals surface area contributed by atoms with Gasteiger partial charge in [-0.1, -0.05) is 42.5 Å². The molecule has 0 radical (unpaired) electrons. The predicted molar refractivity (Wildman–Crippen MR) is 94.9 cm³/mol. The van der Waals surface area contributed by atoms with E-state index in [9.17, 15) is 13.6 Å². The van der Waals surface area contributed by atoms with E-state index in [1.165, 1.54) is 12.1 Å². The number of halogens is 3. The molecule has 0 aromatic heterocycles. The molecule has 2 aromatic rings. The second kappa shape index (κ2) is 9.96. The van der Waals surface area contributed by atoms with E-state index in [0.717, 1.165) is 5.56 Å². The number of hydrogen-bond acceptors (Lipinski definition) is 3. The Bertz CT molecular complexity index is 671. The quantitative estimate of drug-likeness (QED) is 0.774. The van der Waals surface area contributed by atoms with Crippen LogP contribution in [0.25, 0.3) is 0 Å². The number of ether oxygens (including phenoxy) is 1. The van der Waals surface area contributed by atoms with Crippen molar-refractivity contribution in [3.63, 3.8) is 0 Å². The highest BCUT2D eigenvalue weighted by Crippen LogP contribution is 2.21. The molecular weight excluding hydrogens is 350 g/mol. The Kier molecular flexibility index (Phi) is 8.31. The molecular formula is C18H21ClF2N2O2. The summed E-state index contributed by atoms with van der Waals surface area (Å²) in [5.74, 6) is -0.149. The molecule has 25 heavy (non-hydrogen) atoms. The predicted octanol–water partition coefficient (Wildman–Crippen LogP) is 3.98. The summed E-state index contributed by atoms with van der Waals surface area (Å²) in [6.07, 6.45) is 0.140. The largest absolute Gasteiger partial charge is 0.435 e. The van der Waals surface area contributed by atoms with Gasteiger partial charge >= 0.3 is 6.61 Å².